The summed E-state index contributed by atoms with van der Waals surface area (Å²) in [5, 5.41) is 14.3. The lowest BCUT2D eigenvalue weighted by atomic mass is 9.95. The lowest BCUT2D eigenvalue weighted by Gasteiger charge is -2.26. The minimum Gasteiger partial charge on any atom is -0.392 e. The highest BCUT2D eigenvalue weighted by molar-refractivity contribution is 5.96. The van der Waals surface area contributed by atoms with Gasteiger partial charge in [0.15, 0.2) is 0 Å². The molecular formula is C29H39N5O4. The van der Waals surface area contributed by atoms with Crippen LogP contribution < -0.4 is 22.2 Å². The highest BCUT2D eigenvalue weighted by Gasteiger charge is 2.41. The van der Waals surface area contributed by atoms with Crippen molar-refractivity contribution in [3.05, 3.63) is 65.2 Å². The van der Waals surface area contributed by atoms with Gasteiger partial charge in [0.1, 0.15) is 11.8 Å². The van der Waals surface area contributed by atoms with E-state index in [2.05, 4.69) is 10.7 Å². The minimum atomic E-state index is -0.991. The number of hydrazine groups is 1. The molecule has 1 aliphatic carbocycles. The number of hydrogen-bond donors (Lipinski definition) is 5. The Morgan fingerprint density at radius 2 is 1.84 bits per heavy atom. The zero-order valence-corrected chi connectivity index (χ0v) is 21.8. The van der Waals surface area contributed by atoms with Crippen molar-refractivity contribution in [3.63, 3.8) is 0 Å². The highest BCUT2D eigenvalue weighted by atomic mass is 16.3. The molecule has 2 amide bonds. The largest absolute Gasteiger partial charge is 0.392 e. The number of rotatable bonds is 12. The molecule has 1 unspecified atom stereocenters. The molecular weight excluding hydrogens is 482 g/mol. The molecule has 204 valence electrons. The number of carbonyl (C=O) groups excluding carboxylic acids is 3. The van der Waals surface area contributed by atoms with Crippen LogP contribution in [-0.2, 0) is 33.6 Å². The number of carbonyl (C=O) groups is 3. The first kappa shape index (κ1) is 27.9. The van der Waals surface area contributed by atoms with Gasteiger partial charge in [-0.05, 0) is 73.8 Å². The van der Waals surface area contributed by atoms with Crippen molar-refractivity contribution >= 4 is 23.3 Å². The van der Waals surface area contributed by atoms with Crippen LogP contribution in [0.4, 0.5) is 5.69 Å². The molecule has 9 heteroatoms. The van der Waals surface area contributed by atoms with E-state index in [1.54, 1.807) is 0 Å². The number of anilines is 1. The third-order valence-corrected chi connectivity index (χ3v) is 7.55. The van der Waals surface area contributed by atoms with Crippen LogP contribution in [0.25, 0.3) is 0 Å². The highest BCUT2D eigenvalue weighted by Crippen LogP contribution is 2.28. The summed E-state index contributed by atoms with van der Waals surface area (Å²) in [4.78, 5) is 39.2. The van der Waals surface area contributed by atoms with Crippen LogP contribution in [0.15, 0.2) is 48.5 Å². The van der Waals surface area contributed by atoms with Crippen LogP contribution in [0.1, 0.15) is 48.8 Å². The number of hydrogen-bond acceptors (Lipinski definition) is 7. The second-order valence-corrected chi connectivity index (χ2v) is 10.4. The number of benzene rings is 2. The summed E-state index contributed by atoms with van der Waals surface area (Å²) in [5.41, 5.74) is 18.6. The van der Waals surface area contributed by atoms with Crippen LogP contribution in [-0.4, -0.2) is 59.0 Å². The van der Waals surface area contributed by atoms with Crippen molar-refractivity contribution in [2.45, 2.75) is 69.6 Å². The fraction of sp³-hybridized carbons (Fsp3) is 0.483. The zero-order chi connectivity index (χ0) is 27.1. The zero-order valence-electron chi connectivity index (χ0n) is 21.8. The predicted molar refractivity (Wildman–Crippen MR) is 146 cm³/mol. The molecule has 7 N–H and O–H groups in total. The second-order valence-electron chi connectivity index (χ2n) is 10.4. The van der Waals surface area contributed by atoms with E-state index >= 15 is 0 Å². The Morgan fingerprint density at radius 1 is 1.08 bits per heavy atom. The number of amides is 2. The van der Waals surface area contributed by atoms with Gasteiger partial charge >= 0.3 is 0 Å². The van der Waals surface area contributed by atoms with Crippen LogP contribution in [0.2, 0.25) is 0 Å². The van der Waals surface area contributed by atoms with Crippen LogP contribution in [0.5, 0.6) is 0 Å². The van der Waals surface area contributed by atoms with Crippen LogP contribution in [0.3, 0.4) is 0 Å². The van der Waals surface area contributed by atoms with Crippen molar-refractivity contribution in [2.75, 3.05) is 18.4 Å². The first-order chi connectivity index (χ1) is 18.3. The standard InChI is InChI=1S/C29H39N5O4/c30-17-24(35)16-25(31)28(37)33-34-18-22(27(36)11-4-8-19-6-2-1-3-7-19)15-26(34)29(38)32-23-13-12-20-9-5-10-21(20)14-23/h1-3,6-7,12-14,22,24-26,35H,4-5,8-11,15-18,30-31H2,(H,32,38)(H,33,37)/t22-,24?,25+,26+/m1/s1. The molecule has 38 heavy (non-hydrogen) atoms. The van der Waals surface area contributed by atoms with Crippen molar-refractivity contribution in [2.24, 2.45) is 17.4 Å². The van der Waals surface area contributed by atoms with Crippen molar-refractivity contribution in [1.82, 2.24) is 10.4 Å². The van der Waals surface area contributed by atoms with Gasteiger partial charge < -0.3 is 21.9 Å². The average molecular weight is 522 g/mol. The third kappa shape index (κ3) is 7.26. The van der Waals surface area contributed by atoms with Gasteiger partial charge in [0.25, 0.3) is 5.91 Å². The Hall–Kier alpha value is -3.11. The van der Waals surface area contributed by atoms with Gasteiger partial charge in [-0.2, -0.15) is 0 Å². The number of Topliss-reactive ketones (excluding diaryl/α,β-unsaturated/α-hetero) is 1. The number of nitrogens with two attached hydrogens (primary N) is 2. The Morgan fingerprint density at radius 3 is 2.61 bits per heavy atom. The van der Waals surface area contributed by atoms with E-state index in [1.165, 1.54) is 21.7 Å². The molecule has 2 aliphatic rings. The normalized spacial score (nSPS) is 20.5. The first-order valence-corrected chi connectivity index (χ1v) is 13.5. The minimum absolute atomic E-state index is 0.00391. The van der Waals surface area contributed by atoms with Gasteiger partial charge in [0, 0.05) is 31.1 Å². The quantitative estimate of drug-likeness (QED) is 0.284. The number of nitrogens with one attached hydrogen (secondary N) is 2. The molecule has 0 radical (unpaired) electrons. The van der Waals surface area contributed by atoms with E-state index in [1.807, 2.05) is 48.5 Å². The third-order valence-electron chi connectivity index (χ3n) is 7.55. The predicted octanol–water partition coefficient (Wildman–Crippen LogP) is 1.46. The summed E-state index contributed by atoms with van der Waals surface area (Å²) in [7, 11) is 0. The molecule has 1 aliphatic heterocycles. The van der Waals surface area contributed by atoms with Crippen LogP contribution >= 0.6 is 0 Å². The number of ketones is 1. The molecule has 9 nitrogen and oxygen atoms in total. The molecule has 2 aromatic rings. The van der Waals surface area contributed by atoms with Gasteiger partial charge in [0.2, 0.25) is 5.91 Å². The van der Waals surface area contributed by atoms with Gasteiger partial charge in [-0.1, -0.05) is 36.4 Å². The van der Waals surface area contributed by atoms with Gasteiger partial charge in [-0.3, -0.25) is 19.8 Å². The fourth-order valence-corrected chi connectivity index (χ4v) is 5.35. The van der Waals surface area contributed by atoms with Gasteiger partial charge in [-0.25, -0.2) is 5.01 Å². The number of aliphatic hydroxyl groups excluding tert-OH is 1. The molecule has 1 heterocycles. The Balaban J connectivity index is 1.40. The first-order valence-electron chi connectivity index (χ1n) is 13.5. The van der Waals surface area contributed by atoms with E-state index in [0.717, 1.165) is 32.1 Å². The van der Waals surface area contributed by atoms with E-state index in [0.29, 0.717) is 18.5 Å². The Kier molecular flexibility index (Phi) is 9.63. The topological polar surface area (TPSA) is 151 Å². The summed E-state index contributed by atoms with van der Waals surface area (Å²) in [6.07, 6.45) is 4.51. The number of fused-ring (bicyclic) bond motifs is 1. The smallest absolute Gasteiger partial charge is 0.251 e. The molecule has 0 saturated carbocycles. The molecule has 1 saturated heterocycles. The molecule has 0 spiro atoms. The number of nitrogens with zero attached hydrogens (tertiary/aromatic N) is 1. The summed E-state index contributed by atoms with van der Waals surface area (Å²) < 4.78 is 0. The monoisotopic (exact) mass is 521 g/mol. The summed E-state index contributed by atoms with van der Waals surface area (Å²) in [5.74, 6) is -1.10. The molecule has 4 atom stereocenters. The van der Waals surface area contributed by atoms with Gasteiger partial charge in [-0.15, -0.1) is 0 Å². The van der Waals surface area contributed by atoms with E-state index in [9.17, 15) is 19.5 Å². The second kappa shape index (κ2) is 13.1. The van der Waals surface area contributed by atoms with E-state index in [4.69, 9.17) is 11.5 Å². The van der Waals surface area contributed by atoms with Crippen molar-refractivity contribution in [1.29, 1.82) is 0 Å². The maximum atomic E-state index is 13.4. The van der Waals surface area contributed by atoms with Crippen molar-refractivity contribution < 1.29 is 19.5 Å². The SMILES string of the molecule is NCC(O)C[C@H](N)C(=O)NN1C[C@H](C(=O)CCCc2ccccc2)C[C@H]1C(=O)Nc1ccc2c(c1)CCC2. The van der Waals surface area contributed by atoms with E-state index in [-0.39, 0.29) is 37.1 Å². The maximum Gasteiger partial charge on any atom is 0.251 e. The number of aryl methyl sites for hydroxylation is 3. The summed E-state index contributed by atoms with van der Waals surface area (Å²) in [6.45, 7) is 0.223. The maximum absolute atomic E-state index is 13.4. The van der Waals surface area contributed by atoms with Crippen LogP contribution in [0, 0.1) is 5.92 Å². The lowest BCUT2D eigenvalue weighted by molar-refractivity contribution is -0.131. The molecule has 2 aromatic carbocycles. The van der Waals surface area contributed by atoms with Crippen molar-refractivity contribution in [3.8, 4) is 0 Å². The molecule has 4 rings (SSSR count). The number of aliphatic hydroxyl groups is 1. The van der Waals surface area contributed by atoms with E-state index < -0.39 is 24.1 Å². The Bertz CT molecular complexity index is 1130. The fourth-order valence-electron chi connectivity index (χ4n) is 5.35. The summed E-state index contributed by atoms with van der Waals surface area (Å²) in [6, 6.07) is 14.3. The average Bonchev–Trinajstić information content (AvgIpc) is 3.56. The summed E-state index contributed by atoms with van der Waals surface area (Å²) >= 11 is 0. The molecule has 0 bridgehead atoms. The van der Waals surface area contributed by atoms with Gasteiger partial charge in [0.05, 0.1) is 12.1 Å². The molecule has 1 fully saturated rings. The lowest BCUT2D eigenvalue weighted by Crippen LogP contribution is -2.54. The Labute approximate surface area is 223 Å². The molecule has 0 aromatic heterocycles.